The summed E-state index contributed by atoms with van der Waals surface area (Å²) in [6.07, 6.45) is 1.08. The Morgan fingerprint density at radius 2 is 1.83 bits per heavy atom. The van der Waals surface area contributed by atoms with Crippen LogP contribution >= 0.6 is 12.4 Å². The van der Waals surface area contributed by atoms with Gasteiger partial charge in [0.25, 0.3) is 0 Å². The van der Waals surface area contributed by atoms with Gasteiger partial charge < -0.3 is 14.8 Å². The maximum absolute atomic E-state index is 13.5. The summed E-state index contributed by atoms with van der Waals surface area (Å²) in [5.41, 5.74) is 2.22. The van der Waals surface area contributed by atoms with E-state index in [-0.39, 0.29) is 18.2 Å². The Kier molecular flexibility index (Phi) is 6.46. The second-order valence-electron chi connectivity index (χ2n) is 5.97. The van der Waals surface area contributed by atoms with Crippen LogP contribution < -0.4 is 14.8 Å². The second kappa shape index (κ2) is 8.36. The quantitative estimate of drug-likeness (QED) is 0.812. The van der Waals surface area contributed by atoms with E-state index in [1.54, 1.807) is 26.4 Å². The maximum atomic E-state index is 13.5. The van der Waals surface area contributed by atoms with E-state index in [1.165, 1.54) is 11.6 Å². The molecule has 1 N–H and O–H groups in total. The summed E-state index contributed by atoms with van der Waals surface area (Å²) < 4.78 is 24.0. The van der Waals surface area contributed by atoms with Crippen molar-refractivity contribution in [1.82, 2.24) is 5.32 Å². The van der Waals surface area contributed by atoms with Crippen LogP contribution in [0, 0.1) is 11.7 Å². The fraction of sp³-hybridized carbons (Fsp3) is 0.368. The molecule has 2 aromatic carbocycles. The number of nitrogens with one attached hydrogen (secondary N) is 1. The number of rotatable bonds is 7. The molecule has 1 saturated carbocycles. The third-order valence-corrected chi connectivity index (χ3v) is 4.41. The van der Waals surface area contributed by atoms with E-state index in [1.807, 2.05) is 12.1 Å². The minimum atomic E-state index is -0.197. The summed E-state index contributed by atoms with van der Waals surface area (Å²) in [5.74, 6) is 2.40. The Morgan fingerprint density at radius 1 is 1.08 bits per heavy atom. The molecule has 0 aromatic heterocycles. The lowest BCUT2D eigenvalue weighted by atomic mass is 10.1. The van der Waals surface area contributed by atoms with Crippen molar-refractivity contribution in [1.29, 1.82) is 0 Å². The van der Waals surface area contributed by atoms with Crippen LogP contribution in [0.15, 0.2) is 42.5 Å². The molecular weight excluding hydrogens is 329 g/mol. The van der Waals surface area contributed by atoms with E-state index in [9.17, 15) is 4.39 Å². The molecule has 1 fully saturated rings. The Hall–Kier alpha value is -1.78. The van der Waals surface area contributed by atoms with Gasteiger partial charge in [-0.15, -0.1) is 12.4 Å². The molecule has 3 rings (SSSR count). The van der Waals surface area contributed by atoms with Crippen LogP contribution in [0.3, 0.4) is 0 Å². The van der Waals surface area contributed by atoms with E-state index < -0.39 is 0 Å². The number of benzene rings is 2. The molecule has 0 bridgehead atoms. The first-order valence-corrected chi connectivity index (χ1v) is 7.88. The summed E-state index contributed by atoms with van der Waals surface area (Å²) in [7, 11) is 3.30. The van der Waals surface area contributed by atoms with E-state index in [4.69, 9.17) is 9.47 Å². The highest BCUT2D eigenvalue weighted by molar-refractivity contribution is 5.85. The molecule has 2 atom stereocenters. The van der Waals surface area contributed by atoms with E-state index >= 15 is 0 Å². The smallest absolute Gasteiger partial charge is 0.123 e. The van der Waals surface area contributed by atoms with Gasteiger partial charge in [0.2, 0.25) is 0 Å². The van der Waals surface area contributed by atoms with Crippen molar-refractivity contribution >= 4 is 12.4 Å². The van der Waals surface area contributed by atoms with Crippen molar-refractivity contribution in [3.05, 3.63) is 59.4 Å². The highest BCUT2D eigenvalue weighted by Crippen LogP contribution is 2.50. The highest BCUT2D eigenvalue weighted by atomic mass is 35.5. The Bertz CT molecular complexity index is 663. The van der Waals surface area contributed by atoms with Crippen LogP contribution in [-0.2, 0) is 6.54 Å². The third-order valence-electron chi connectivity index (χ3n) is 4.41. The summed E-state index contributed by atoms with van der Waals surface area (Å²) >= 11 is 0. The highest BCUT2D eigenvalue weighted by Gasteiger charge is 2.39. The molecule has 3 nitrogen and oxygen atoms in total. The van der Waals surface area contributed by atoms with Gasteiger partial charge in [-0.2, -0.15) is 0 Å². The van der Waals surface area contributed by atoms with Crippen LogP contribution in [0.1, 0.15) is 23.5 Å². The van der Waals surface area contributed by atoms with Gasteiger partial charge in [-0.3, -0.25) is 0 Å². The molecule has 0 unspecified atom stereocenters. The van der Waals surface area contributed by atoms with Crippen molar-refractivity contribution in [2.75, 3.05) is 20.8 Å². The van der Waals surface area contributed by atoms with Crippen LogP contribution in [0.4, 0.5) is 4.39 Å². The minimum Gasteiger partial charge on any atom is -0.497 e. The molecule has 5 heteroatoms. The zero-order valence-corrected chi connectivity index (χ0v) is 14.7. The van der Waals surface area contributed by atoms with Crippen LogP contribution in [0.2, 0.25) is 0 Å². The molecule has 0 radical (unpaired) electrons. The van der Waals surface area contributed by atoms with Crippen molar-refractivity contribution in [2.45, 2.75) is 18.9 Å². The van der Waals surface area contributed by atoms with Gasteiger partial charge in [0.15, 0.2) is 0 Å². The lowest BCUT2D eigenvalue weighted by molar-refractivity contribution is 0.407. The first kappa shape index (κ1) is 18.6. The Balaban J connectivity index is 0.00000208. The largest absolute Gasteiger partial charge is 0.497 e. The third kappa shape index (κ3) is 4.40. The number of hydrogen-bond donors (Lipinski definition) is 1. The molecule has 0 spiro atoms. The minimum absolute atomic E-state index is 0. The Morgan fingerprint density at radius 3 is 2.50 bits per heavy atom. The molecule has 1 aliphatic carbocycles. The molecule has 24 heavy (non-hydrogen) atoms. The van der Waals surface area contributed by atoms with Gasteiger partial charge in [0.1, 0.15) is 17.3 Å². The van der Waals surface area contributed by atoms with E-state index in [2.05, 4.69) is 17.4 Å². The Labute approximate surface area is 148 Å². The average molecular weight is 352 g/mol. The molecule has 1 aliphatic rings. The fourth-order valence-corrected chi connectivity index (χ4v) is 2.99. The molecule has 0 saturated heterocycles. The van der Waals surface area contributed by atoms with Gasteiger partial charge in [0.05, 0.1) is 14.2 Å². The van der Waals surface area contributed by atoms with Crippen molar-refractivity contribution in [3.63, 3.8) is 0 Å². The molecule has 0 heterocycles. The first-order valence-electron chi connectivity index (χ1n) is 7.88. The molecule has 0 amide bonds. The van der Waals surface area contributed by atoms with Gasteiger partial charge in [-0.25, -0.2) is 4.39 Å². The fourth-order valence-electron chi connectivity index (χ4n) is 2.99. The zero-order chi connectivity index (χ0) is 16.2. The van der Waals surface area contributed by atoms with Gasteiger partial charge >= 0.3 is 0 Å². The number of hydrogen-bond acceptors (Lipinski definition) is 3. The van der Waals surface area contributed by atoms with Gasteiger partial charge in [-0.05, 0) is 60.7 Å². The topological polar surface area (TPSA) is 30.5 Å². The SMILES string of the molecule is COc1ccc(CNC[C@@H]2C[C@H]2c2cc(F)ccc2OC)cc1.Cl. The normalized spacial score (nSPS) is 18.6. The van der Waals surface area contributed by atoms with Crippen LogP contribution in [-0.4, -0.2) is 20.8 Å². The average Bonchev–Trinajstić information content (AvgIpc) is 3.35. The molecule has 2 aromatic rings. The van der Waals surface area contributed by atoms with Crippen molar-refractivity contribution in [2.24, 2.45) is 5.92 Å². The van der Waals surface area contributed by atoms with Crippen molar-refractivity contribution in [3.8, 4) is 11.5 Å². The summed E-state index contributed by atoms with van der Waals surface area (Å²) in [6, 6.07) is 12.8. The predicted molar refractivity (Wildman–Crippen MR) is 95.7 cm³/mol. The monoisotopic (exact) mass is 351 g/mol. The van der Waals surface area contributed by atoms with E-state index in [0.717, 1.165) is 36.6 Å². The number of halogens is 2. The summed E-state index contributed by atoms with van der Waals surface area (Å²) in [4.78, 5) is 0. The summed E-state index contributed by atoms with van der Waals surface area (Å²) in [6.45, 7) is 1.75. The summed E-state index contributed by atoms with van der Waals surface area (Å²) in [5, 5.41) is 3.48. The molecule has 130 valence electrons. The number of methoxy groups -OCH3 is 2. The molecular formula is C19H23ClFNO2. The maximum Gasteiger partial charge on any atom is 0.123 e. The first-order chi connectivity index (χ1) is 11.2. The van der Waals surface area contributed by atoms with Gasteiger partial charge in [-0.1, -0.05) is 12.1 Å². The second-order valence-corrected chi connectivity index (χ2v) is 5.97. The molecule has 0 aliphatic heterocycles. The lowest BCUT2D eigenvalue weighted by Gasteiger charge is -2.09. The van der Waals surface area contributed by atoms with E-state index in [0.29, 0.717) is 11.8 Å². The predicted octanol–water partition coefficient (Wildman–Crippen LogP) is 4.16. The van der Waals surface area contributed by atoms with Crippen molar-refractivity contribution < 1.29 is 13.9 Å². The van der Waals surface area contributed by atoms with Crippen LogP contribution in [0.25, 0.3) is 0 Å². The standard InChI is InChI=1S/C19H22FNO2.ClH/c1-22-16-6-3-13(4-7-16)11-21-12-14-9-17(14)18-10-15(20)5-8-19(18)23-2;/h3-8,10,14,17,21H,9,11-12H2,1-2H3;1H/t14-,17+;/m0./s1. The lowest BCUT2D eigenvalue weighted by Crippen LogP contribution is -2.16. The van der Waals surface area contributed by atoms with Gasteiger partial charge in [0, 0.05) is 12.1 Å². The van der Waals surface area contributed by atoms with Crippen LogP contribution in [0.5, 0.6) is 11.5 Å². The number of ether oxygens (including phenoxy) is 2. The zero-order valence-electron chi connectivity index (χ0n) is 13.9.